The van der Waals surface area contributed by atoms with Crippen LogP contribution in [0.15, 0.2) is 24.3 Å². The number of halogens is 1. The van der Waals surface area contributed by atoms with E-state index < -0.39 is 0 Å². The van der Waals surface area contributed by atoms with Crippen LogP contribution in [0.5, 0.6) is 0 Å². The lowest BCUT2D eigenvalue weighted by Crippen LogP contribution is -1.83. The number of rotatable bonds is 18. The molecule has 0 aliphatic rings. The molecule has 136 valence electrons. The van der Waals surface area contributed by atoms with Crippen LogP contribution in [0.3, 0.4) is 0 Å². The number of hydrogen-bond donors (Lipinski definition) is 0. The van der Waals surface area contributed by atoms with Gasteiger partial charge in [0.15, 0.2) is 0 Å². The first-order valence-electron chi connectivity index (χ1n) is 10.3. The average molecular weight is 341 g/mol. The molecule has 0 aliphatic heterocycles. The van der Waals surface area contributed by atoms with Crippen LogP contribution in [0.4, 0.5) is 0 Å². The summed E-state index contributed by atoms with van der Waals surface area (Å²) >= 11 is 5.68. The van der Waals surface area contributed by atoms with E-state index in [9.17, 15) is 0 Å². The lowest BCUT2D eigenvalue weighted by atomic mass is 10.0. The van der Waals surface area contributed by atoms with E-state index in [1.54, 1.807) is 0 Å². The first kappa shape index (κ1) is 22.8. The first-order chi connectivity index (χ1) is 11.4. The Morgan fingerprint density at radius 1 is 0.522 bits per heavy atom. The summed E-state index contributed by atoms with van der Waals surface area (Å²) < 4.78 is 0. The maximum absolute atomic E-state index is 5.68. The zero-order valence-corrected chi connectivity index (χ0v) is 16.5. The standard InChI is InChI=1S/C22H41Cl/c1-2-3-4-5-6-7-8-9-10-11-12-13-14-15-16-17-18-19-20-21-22-23/h5-8H,2-4,9-22H2,1H3/b6-5-,8-7+. The third kappa shape index (κ3) is 21.8. The second kappa shape index (κ2) is 21.8. The second-order valence-electron chi connectivity index (χ2n) is 6.72. The Morgan fingerprint density at radius 2 is 0.913 bits per heavy atom. The first-order valence-corrected chi connectivity index (χ1v) is 10.8. The molecule has 1 heteroatoms. The highest BCUT2D eigenvalue weighted by atomic mass is 35.5. The average Bonchev–Trinajstić information content (AvgIpc) is 2.57. The summed E-state index contributed by atoms with van der Waals surface area (Å²) in [6.07, 6.45) is 30.9. The summed E-state index contributed by atoms with van der Waals surface area (Å²) in [4.78, 5) is 0. The van der Waals surface area contributed by atoms with Crippen molar-refractivity contribution < 1.29 is 0 Å². The molecule has 0 nitrogen and oxygen atoms in total. The van der Waals surface area contributed by atoms with Gasteiger partial charge in [0, 0.05) is 5.88 Å². The van der Waals surface area contributed by atoms with Gasteiger partial charge in [-0.05, 0) is 25.7 Å². The van der Waals surface area contributed by atoms with E-state index in [2.05, 4.69) is 31.2 Å². The maximum atomic E-state index is 5.68. The van der Waals surface area contributed by atoms with Gasteiger partial charge < -0.3 is 0 Å². The van der Waals surface area contributed by atoms with Gasteiger partial charge in [0.1, 0.15) is 0 Å². The van der Waals surface area contributed by atoms with Gasteiger partial charge >= 0.3 is 0 Å². The minimum Gasteiger partial charge on any atom is -0.127 e. The molecule has 0 bridgehead atoms. The highest BCUT2D eigenvalue weighted by molar-refractivity contribution is 6.17. The topological polar surface area (TPSA) is 0 Å². The highest BCUT2D eigenvalue weighted by Crippen LogP contribution is 2.12. The number of hydrogen-bond acceptors (Lipinski definition) is 0. The molecule has 0 amide bonds. The Hall–Kier alpha value is -0.230. The van der Waals surface area contributed by atoms with E-state index in [1.807, 2.05) is 0 Å². The van der Waals surface area contributed by atoms with Crippen molar-refractivity contribution in [2.75, 3.05) is 5.88 Å². The molecule has 0 saturated heterocycles. The Labute approximate surface area is 151 Å². The quantitative estimate of drug-likeness (QED) is 0.133. The van der Waals surface area contributed by atoms with Crippen LogP contribution in [0.25, 0.3) is 0 Å². The lowest BCUT2D eigenvalue weighted by molar-refractivity contribution is 0.545. The van der Waals surface area contributed by atoms with Crippen molar-refractivity contribution in [3.8, 4) is 0 Å². The predicted molar refractivity (Wildman–Crippen MR) is 109 cm³/mol. The van der Waals surface area contributed by atoms with Gasteiger partial charge in [-0.3, -0.25) is 0 Å². The Morgan fingerprint density at radius 3 is 1.35 bits per heavy atom. The monoisotopic (exact) mass is 340 g/mol. The van der Waals surface area contributed by atoms with Crippen molar-refractivity contribution in [2.24, 2.45) is 0 Å². The van der Waals surface area contributed by atoms with E-state index in [0.29, 0.717) is 0 Å². The van der Waals surface area contributed by atoms with Gasteiger partial charge in [-0.25, -0.2) is 0 Å². The van der Waals surface area contributed by atoms with Crippen LogP contribution in [0.1, 0.15) is 110 Å². The van der Waals surface area contributed by atoms with Crippen LogP contribution in [0.2, 0.25) is 0 Å². The largest absolute Gasteiger partial charge is 0.127 e. The molecule has 0 aromatic heterocycles. The fourth-order valence-corrected chi connectivity index (χ4v) is 2.98. The smallest absolute Gasteiger partial charge is 0.0223 e. The van der Waals surface area contributed by atoms with E-state index >= 15 is 0 Å². The molecule has 0 saturated carbocycles. The van der Waals surface area contributed by atoms with Crippen molar-refractivity contribution in [1.29, 1.82) is 0 Å². The molecule has 0 fully saturated rings. The molecule has 0 aromatic rings. The van der Waals surface area contributed by atoms with Gasteiger partial charge in [0.05, 0.1) is 0 Å². The molecule has 0 spiro atoms. The zero-order chi connectivity index (χ0) is 16.8. The number of unbranched alkanes of at least 4 members (excludes halogenated alkanes) is 14. The normalized spacial score (nSPS) is 11.9. The van der Waals surface area contributed by atoms with E-state index in [-0.39, 0.29) is 0 Å². The minimum atomic E-state index is 0.839. The molecular weight excluding hydrogens is 300 g/mol. The van der Waals surface area contributed by atoms with E-state index in [0.717, 1.165) is 5.88 Å². The van der Waals surface area contributed by atoms with Crippen molar-refractivity contribution >= 4 is 11.6 Å². The molecule has 0 atom stereocenters. The molecule has 0 aromatic carbocycles. The van der Waals surface area contributed by atoms with Crippen molar-refractivity contribution in [3.63, 3.8) is 0 Å². The van der Waals surface area contributed by atoms with Gasteiger partial charge in [0.25, 0.3) is 0 Å². The fraction of sp³-hybridized carbons (Fsp3) is 0.818. The zero-order valence-electron chi connectivity index (χ0n) is 15.7. The molecule has 23 heavy (non-hydrogen) atoms. The second-order valence-corrected chi connectivity index (χ2v) is 7.10. The van der Waals surface area contributed by atoms with E-state index in [1.165, 1.54) is 103 Å². The molecule has 0 unspecified atom stereocenters. The van der Waals surface area contributed by atoms with Gasteiger partial charge in [-0.1, -0.05) is 108 Å². The molecular formula is C22H41Cl. The molecule has 0 N–H and O–H groups in total. The van der Waals surface area contributed by atoms with Crippen molar-refractivity contribution in [1.82, 2.24) is 0 Å². The summed E-state index contributed by atoms with van der Waals surface area (Å²) in [5, 5.41) is 0. The Bertz CT molecular complexity index is 255. The number of alkyl halides is 1. The molecule has 0 heterocycles. The van der Waals surface area contributed by atoms with Gasteiger partial charge in [-0.15, -0.1) is 11.6 Å². The Kier molecular flexibility index (Phi) is 21.6. The minimum absolute atomic E-state index is 0.839. The third-order valence-electron chi connectivity index (χ3n) is 4.36. The van der Waals surface area contributed by atoms with Crippen LogP contribution in [-0.2, 0) is 0 Å². The molecule has 0 radical (unpaired) electrons. The third-order valence-corrected chi connectivity index (χ3v) is 4.63. The summed E-state index contributed by atoms with van der Waals surface area (Å²) in [5.41, 5.74) is 0. The highest BCUT2D eigenvalue weighted by Gasteiger charge is 1.93. The van der Waals surface area contributed by atoms with Crippen LogP contribution < -0.4 is 0 Å². The fourth-order valence-electron chi connectivity index (χ4n) is 2.80. The van der Waals surface area contributed by atoms with Gasteiger partial charge in [0.2, 0.25) is 0 Å². The van der Waals surface area contributed by atoms with E-state index in [4.69, 9.17) is 11.6 Å². The number of allylic oxidation sites excluding steroid dienone is 4. The molecule has 0 aliphatic carbocycles. The maximum Gasteiger partial charge on any atom is 0.0223 e. The van der Waals surface area contributed by atoms with Crippen molar-refractivity contribution in [3.05, 3.63) is 24.3 Å². The summed E-state index contributed by atoms with van der Waals surface area (Å²) in [5.74, 6) is 0.839. The SMILES string of the molecule is CCCC/C=C\C=C\CCCCCCCCCCCCCCCl. The van der Waals surface area contributed by atoms with Crippen LogP contribution >= 0.6 is 11.6 Å². The summed E-state index contributed by atoms with van der Waals surface area (Å²) in [6, 6.07) is 0. The van der Waals surface area contributed by atoms with Crippen molar-refractivity contribution in [2.45, 2.75) is 110 Å². The predicted octanol–water partition coefficient (Wildman–Crippen LogP) is 8.60. The van der Waals surface area contributed by atoms with Crippen LogP contribution in [0, 0.1) is 0 Å². The van der Waals surface area contributed by atoms with Crippen LogP contribution in [-0.4, -0.2) is 5.88 Å². The lowest BCUT2D eigenvalue weighted by Gasteiger charge is -2.02. The summed E-state index contributed by atoms with van der Waals surface area (Å²) in [6.45, 7) is 2.24. The Balaban J connectivity index is 3.07. The molecule has 0 rings (SSSR count). The van der Waals surface area contributed by atoms with Gasteiger partial charge in [-0.2, -0.15) is 0 Å². The summed E-state index contributed by atoms with van der Waals surface area (Å²) in [7, 11) is 0.